The fourth-order valence-corrected chi connectivity index (χ4v) is 1.63. The molecule has 2 aromatic rings. The summed E-state index contributed by atoms with van der Waals surface area (Å²) in [5.41, 5.74) is 3.12. The smallest absolute Gasteiger partial charge is 0.266 e. The van der Waals surface area contributed by atoms with Gasteiger partial charge >= 0.3 is 0 Å². The third kappa shape index (κ3) is 3.43. The van der Waals surface area contributed by atoms with Gasteiger partial charge in [0, 0.05) is 6.20 Å². The molecule has 0 bridgehead atoms. The van der Waals surface area contributed by atoms with E-state index in [2.05, 4.69) is 4.98 Å². The molecule has 0 aliphatic carbocycles. The largest absolute Gasteiger partial charge is 0.486 e. The van der Waals surface area contributed by atoms with Crippen LogP contribution in [0.3, 0.4) is 0 Å². The topological polar surface area (TPSA) is 77.2 Å². The molecule has 0 fully saturated rings. The van der Waals surface area contributed by atoms with Crippen molar-refractivity contribution in [2.24, 2.45) is 5.84 Å². The Hall–Kier alpha value is -2.11. The van der Waals surface area contributed by atoms with Crippen LogP contribution in [0.25, 0.3) is 0 Å². The van der Waals surface area contributed by atoms with Gasteiger partial charge < -0.3 is 4.74 Å². The molecule has 98 valence electrons. The van der Waals surface area contributed by atoms with Crippen molar-refractivity contribution in [2.45, 2.75) is 6.61 Å². The molecule has 1 aromatic heterocycles. The first-order chi connectivity index (χ1) is 9.20. The molecule has 5 nitrogen and oxygen atoms in total. The minimum atomic E-state index is -0.383. The van der Waals surface area contributed by atoms with E-state index in [0.29, 0.717) is 22.0 Å². The van der Waals surface area contributed by atoms with Crippen LogP contribution in [0.4, 0.5) is 0 Å². The summed E-state index contributed by atoms with van der Waals surface area (Å²) in [6.45, 7) is 0.272. The van der Waals surface area contributed by atoms with E-state index < -0.39 is 0 Å². The van der Waals surface area contributed by atoms with Crippen LogP contribution in [0, 0.1) is 0 Å². The second kappa shape index (κ2) is 6.17. The standard InChI is InChI=1S/C13H12ClN3O2/c14-11-3-1-2-4-12(11)19-8-10-6-5-9(7-16-10)13(18)17-15/h1-7H,8,15H2,(H,17,18). The fourth-order valence-electron chi connectivity index (χ4n) is 1.44. The van der Waals surface area contributed by atoms with Crippen LogP contribution in [-0.2, 0) is 6.61 Å². The molecule has 6 heteroatoms. The lowest BCUT2D eigenvalue weighted by Crippen LogP contribution is -2.30. The third-order valence-electron chi connectivity index (χ3n) is 2.43. The number of nitrogens with one attached hydrogen (secondary N) is 1. The van der Waals surface area contributed by atoms with E-state index in [0.717, 1.165) is 0 Å². The van der Waals surface area contributed by atoms with Crippen molar-refractivity contribution in [3.63, 3.8) is 0 Å². The van der Waals surface area contributed by atoms with Gasteiger partial charge in [-0.2, -0.15) is 0 Å². The zero-order chi connectivity index (χ0) is 13.7. The van der Waals surface area contributed by atoms with E-state index in [1.54, 1.807) is 24.3 Å². The summed E-state index contributed by atoms with van der Waals surface area (Å²) in [4.78, 5) is 15.3. The average Bonchev–Trinajstić information content (AvgIpc) is 2.46. The molecule has 0 saturated carbocycles. The minimum absolute atomic E-state index is 0.272. The molecular formula is C13H12ClN3O2. The number of amides is 1. The van der Waals surface area contributed by atoms with Gasteiger partial charge in [-0.05, 0) is 24.3 Å². The summed E-state index contributed by atoms with van der Waals surface area (Å²) in [6, 6.07) is 10.5. The monoisotopic (exact) mass is 277 g/mol. The Bertz CT molecular complexity index is 572. The fraction of sp³-hybridized carbons (Fsp3) is 0.0769. The summed E-state index contributed by atoms with van der Waals surface area (Å²) >= 11 is 5.96. The van der Waals surface area contributed by atoms with Crippen LogP contribution in [-0.4, -0.2) is 10.9 Å². The van der Waals surface area contributed by atoms with Crippen molar-refractivity contribution in [3.05, 3.63) is 58.9 Å². The maximum Gasteiger partial charge on any atom is 0.266 e. The summed E-state index contributed by atoms with van der Waals surface area (Å²) in [7, 11) is 0. The number of carbonyl (C=O) groups is 1. The van der Waals surface area contributed by atoms with Gasteiger partial charge in [-0.1, -0.05) is 23.7 Å². The second-order valence-electron chi connectivity index (χ2n) is 3.73. The van der Waals surface area contributed by atoms with E-state index >= 15 is 0 Å². The Morgan fingerprint density at radius 3 is 2.74 bits per heavy atom. The van der Waals surface area contributed by atoms with Crippen molar-refractivity contribution in [1.29, 1.82) is 0 Å². The van der Waals surface area contributed by atoms with Gasteiger partial charge in [0.15, 0.2) is 0 Å². The van der Waals surface area contributed by atoms with Gasteiger partial charge in [0.25, 0.3) is 5.91 Å². The van der Waals surface area contributed by atoms with Gasteiger partial charge in [0.1, 0.15) is 12.4 Å². The third-order valence-corrected chi connectivity index (χ3v) is 2.74. The molecule has 0 saturated heterocycles. The maximum absolute atomic E-state index is 11.2. The Balaban J connectivity index is 2.01. The van der Waals surface area contributed by atoms with Gasteiger partial charge in [-0.3, -0.25) is 15.2 Å². The SMILES string of the molecule is NNC(=O)c1ccc(COc2ccccc2Cl)nc1. The summed E-state index contributed by atoms with van der Waals surface area (Å²) in [5, 5.41) is 0.543. The number of pyridine rings is 1. The molecule has 0 radical (unpaired) electrons. The highest BCUT2D eigenvalue weighted by molar-refractivity contribution is 6.32. The summed E-state index contributed by atoms with van der Waals surface area (Å²) in [5.74, 6) is 5.24. The number of ether oxygens (including phenoxy) is 1. The predicted octanol–water partition coefficient (Wildman–Crippen LogP) is 1.92. The number of hydrogen-bond donors (Lipinski definition) is 2. The zero-order valence-corrected chi connectivity index (χ0v) is 10.7. The van der Waals surface area contributed by atoms with E-state index in [-0.39, 0.29) is 12.5 Å². The number of hydrogen-bond acceptors (Lipinski definition) is 4. The lowest BCUT2D eigenvalue weighted by atomic mass is 10.2. The Kier molecular flexibility index (Phi) is 4.33. The van der Waals surface area contributed by atoms with Crippen LogP contribution in [0.5, 0.6) is 5.75 Å². The maximum atomic E-state index is 11.2. The van der Waals surface area contributed by atoms with Gasteiger partial charge in [0.2, 0.25) is 0 Å². The molecular weight excluding hydrogens is 266 g/mol. The number of hydrazine groups is 1. The van der Waals surface area contributed by atoms with Crippen molar-refractivity contribution < 1.29 is 9.53 Å². The van der Waals surface area contributed by atoms with Crippen molar-refractivity contribution in [3.8, 4) is 5.75 Å². The molecule has 0 aliphatic heterocycles. The lowest BCUT2D eigenvalue weighted by Gasteiger charge is -2.07. The number of rotatable bonds is 4. The van der Waals surface area contributed by atoms with Crippen LogP contribution in [0.1, 0.15) is 16.1 Å². The quantitative estimate of drug-likeness (QED) is 0.508. The molecule has 0 unspecified atom stereocenters. The molecule has 1 heterocycles. The summed E-state index contributed by atoms with van der Waals surface area (Å²) in [6.07, 6.45) is 1.44. The Labute approximate surface area is 115 Å². The lowest BCUT2D eigenvalue weighted by molar-refractivity contribution is 0.0953. The average molecular weight is 278 g/mol. The summed E-state index contributed by atoms with van der Waals surface area (Å²) < 4.78 is 5.53. The molecule has 1 amide bonds. The van der Waals surface area contributed by atoms with E-state index in [4.69, 9.17) is 22.2 Å². The Morgan fingerprint density at radius 1 is 1.32 bits per heavy atom. The van der Waals surface area contributed by atoms with Gasteiger partial charge in [0.05, 0.1) is 16.3 Å². The number of carbonyl (C=O) groups excluding carboxylic acids is 1. The van der Waals surface area contributed by atoms with Crippen LogP contribution in [0.15, 0.2) is 42.6 Å². The number of nitrogens with zero attached hydrogens (tertiary/aromatic N) is 1. The van der Waals surface area contributed by atoms with Gasteiger partial charge in [-0.25, -0.2) is 5.84 Å². The highest BCUT2D eigenvalue weighted by Crippen LogP contribution is 2.23. The van der Waals surface area contributed by atoms with Crippen molar-refractivity contribution >= 4 is 17.5 Å². The van der Waals surface area contributed by atoms with E-state index in [1.807, 2.05) is 17.6 Å². The zero-order valence-electron chi connectivity index (χ0n) is 9.97. The van der Waals surface area contributed by atoms with E-state index in [9.17, 15) is 4.79 Å². The molecule has 1 aromatic carbocycles. The van der Waals surface area contributed by atoms with Crippen LogP contribution >= 0.6 is 11.6 Å². The van der Waals surface area contributed by atoms with Crippen LogP contribution < -0.4 is 16.0 Å². The predicted molar refractivity (Wildman–Crippen MR) is 71.7 cm³/mol. The molecule has 0 atom stereocenters. The number of nitrogen functional groups attached to an aromatic ring is 1. The molecule has 2 rings (SSSR count). The first-order valence-electron chi connectivity index (χ1n) is 5.54. The van der Waals surface area contributed by atoms with Crippen LogP contribution in [0.2, 0.25) is 5.02 Å². The number of nitrogens with two attached hydrogens (primary N) is 1. The highest BCUT2D eigenvalue weighted by Gasteiger charge is 2.05. The number of benzene rings is 1. The van der Waals surface area contributed by atoms with Gasteiger partial charge in [-0.15, -0.1) is 0 Å². The first-order valence-corrected chi connectivity index (χ1v) is 5.91. The molecule has 19 heavy (non-hydrogen) atoms. The van der Waals surface area contributed by atoms with Crippen molar-refractivity contribution in [1.82, 2.24) is 10.4 Å². The Morgan fingerprint density at radius 2 is 2.11 bits per heavy atom. The number of para-hydroxylation sites is 1. The molecule has 0 spiro atoms. The highest BCUT2D eigenvalue weighted by atomic mass is 35.5. The first kappa shape index (κ1) is 13.3. The second-order valence-corrected chi connectivity index (χ2v) is 4.14. The normalized spacial score (nSPS) is 10.0. The minimum Gasteiger partial charge on any atom is -0.486 e. The van der Waals surface area contributed by atoms with E-state index in [1.165, 1.54) is 6.20 Å². The molecule has 3 N–H and O–H groups in total. The number of halogens is 1. The molecule has 0 aliphatic rings. The van der Waals surface area contributed by atoms with Crippen molar-refractivity contribution in [2.75, 3.05) is 0 Å². The number of aromatic nitrogens is 1.